The first kappa shape index (κ1) is 16.8. The number of carbonyl (C=O) groups excluding carboxylic acids is 1. The summed E-state index contributed by atoms with van der Waals surface area (Å²) in [5, 5.41) is 2.99. The molecule has 1 aromatic carbocycles. The van der Waals surface area contributed by atoms with Gasteiger partial charge in [-0.05, 0) is 63.4 Å². The summed E-state index contributed by atoms with van der Waals surface area (Å²) in [6.07, 6.45) is 2.19. The van der Waals surface area contributed by atoms with Crippen LogP contribution in [0.25, 0.3) is 0 Å². The Morgan fingerprint density at radius 3 is 2.36 bits per heavy atom. The maximum absolute atomic E-state index is 13.8. The first-order valence-electron chi connectivity index (χ1n) is 9.21. The maximum atomic E-state index is 13.8. The lowest BCUT2D eigenvalue weighted by atomic mass is 9.75. The molecule has 4 aliphatic heterocycles. The fraction of sp³-hybridized carbons (Fsp3) is 0.632. The number of likely N-dealkylation sites (tertiary alicyclic amines) is 1. The number of halogens is 2. The Morgan fingerprint density at radius 1 is 1.12 bits per heavy atom. The summed E-state index contributed by atoms with van der Waals surface area (Å²) in [7, 11) is 0. The van der Waals surface area contributed by atoms with Crippen LogP contribution in [0.3, 0.4) is 0 Å². The van der Waals surface area contributed by atoms with E-state index in [-0.39, 0.29) is 30.1 Å². The van der Waals surface area contributed by atoms with Crippen molar-refractivity contribution in [3.63, 3.8) is 0 Å². The van der Waals surface area contributed by atoms with Gasteiger partial charge < -0.3 is 10.2 Å². The van der Waals surface area contributed by atoms with Gasteiger partial charge in [-0.2, -0.15) is 0 Å². The molecule has 2 amide bonds. The summed E-state index contributed by atoms with van der Waals surface area (Å²) in [5.41, 5.74) is 0.667. The van der Waals surface area contributed by atoms with Gasteiger partial charge in [-0.3, -0.25) is 4.90 Å². The van der Waals surface area contributed by atoms with Gasteiger partial charge in [-0.25, -0.2) is 13.6 Å². The molecule has 0 saturated carbocycles. The zero-order valence-corrected chi connectivity index (χ0v) is 14.7. The van der Waals surface area contributed by atoms with Crippen LogP contribution in [0, 0.1) is 17.6 Å². The van der Waals surface area contributed by atoms with Gasteiger partial charge in [0.2, 0.25) is 0 Å². The molecule has 0 aliphatic carbocycles. The van der Waals surface area contributed by atoms with Crippen LogP contribution in [0.5, 0.6) is 0 Å². The average Bonchev–Trinajstić information content (AvgIpc) is 2.97. The number of rotatable bonds is 2. The van der Waals surface area contributed by atoms with Crippen LogP contribution in [0.2, 0.25) is 0 Å². The number of hydrogen-bond acceptors (Lipinski definition) is 2. The standard InChI is InChI=1S/C19H25F2N3O/c1-11(2)22-19(25)24-10-16(13-7-14(20)9-15(21)8-13)18-17(24)12-3-5-23(18)6-4-12/h7-9,11-12,16-18H,3-6,10H2,1-2H3,(H,22,25)/t16-,17-,18-/m1/s1. The van der Waals surface area contributed by atoms with E-state index in [0.29, 0.717) is 18.0 Å². The predicted octanol–water partition coefficient (Wildman–Crippen LogP) is 2.94. The van der Waals surface area contributed by atoms with Crippen molar-refractivity contribution in [1.29, 1.82) is 0 Å². The van der Waals surface area contributed by atoms with Crippen molar-refractivity contribution >= 4 is 6.03 Å². The van der Waals surface area contributed by atoms with Gasteiger partial charge in [0.1, 0.15) is 11.6 Å². The molecule has 136 valence electrons. The summed E-state index contributed by atoms with van der Waals surface area (Å²) in [4.78, 5) is 17.1. The van der Waals surface area contributed by atoms with Crippen molar-refractivity contribution < 1.29 is 13.6 Å². The molecule has 4 nitrogen and oxygen atoms in total. The molecule has 4 saturated heterocycles. The van der Waals surface area contributed by atoms with E-state index in [2.05, 4.69) is 10.2 Å². The van der Waals surface area contributed by atoms with E-state index < -0.39 is 11.6 Å². The third kappa shape index (κ3) is 2.90. The smallest absolute Gasteiger partial charge is 0.317 e. The minimum Gasteiger partial charge on any atom is -0.336 e. The lowest BCUT2D eigenvalue weighted by molar-refractivity contribution is 0.00333. The van der Waals surface area contributed by atoms with Gasteiger partial charge in [-0.1, -0.05) is 0 Å². The van der Waals surface area contributed by atoms with Crippen LogP contribution in [-0.4, -0.2) is 53.6 Å². The zero-order valence-electron chi connectivity index (χ0n) is 14.7. The topological polar surface area (TPSA) is 35.6 Å². The first-order chi connectivity index (χ1) is 11.9. The van der Waals surface area contributed by atoms with E-state index in [9.17, 15) is 13.6 Å². The summed E-state index contributed by atoms with van der Waals surface area (Å²) in [6.45, 7) is 6.44. The second kappa shape index (κ2) is 6.24. The Bertz CT molecular complexity index is 652. The summed E-state index contributed by atoms with van der Waals surface area (Å²) < 4.78 is 27.5. The number of nitrogens with zero attached hydrogens (tertiary/aromatic N) is 2. The molecule has 4 aliphatic rings. The van der Waals surface area contributed by atoms with Crippen molar-refractivity contribution in [2.75, 3.05) is 19.6 Å². The molecule has 4 heterocycles. The highest BCUT2D eigenvalue weighted by molar-refractivity contribution is 5.75. The number of nitrogens with one attached hydrogen (secondary N) is 1. The summed E-state index contributed by atoms with van der Waals surface area (Å²) >= 11 is 0. The number of amides is 2. The van der Waals surface area contributed by atoms with Crippen LogP contribution in [0.4, 0.5) is 13.6 Å². The minimum absolute atomic E-state index is 0.0452. The quantitative estimate of drug-likeness (QED) is 0.891. The second-order valence-electron chi connectivity index (χ2n) is 7.92. The maximum Gasteiger partial charge on any atom is 0.317 e. The average molecular weight is 349 g/mol. The normalized spacial score (nSPS) is 33.6. The third-order valence-corrected chi connectivity index (χ3v) is 5.98. The Balaban J connectivity index is 1.69. The van der Waals surface area contributed by atoms with Crippen molar-refractivity contribution in [2.24, 2.45) is 5.92 Å². The number of hydrogen-bond donors (Lipinski definition) is 1. The van der Waals surface area contributed by atoms with Crippen LogP contribution in [-0.2, 0) is 0 Å². The number of carbonyl (C=O) groups is 1. The lowest BCUT2D eigenvalue weighted by Crippen LogP contribution is -2.61. The first-order valence-corrected chi connectivity index (χ1v) is 9.21. The van der Waals surface area contributed by atoms with E-state index in [0.717, 1.165) is 32.0 Å². The van der Waals surface area contributed by atoms with Crippen molar-refractivity contribution in [3.8, 4) is 0 Å². The highest BCUT2D eigenvalue weighted by Crippen LogP contribution is 2.46. The Labute approximate surface area is 147 Å². The van der Waals surface area contributed by atoms with Gasteiger partial charge in [-0.15, -0.1) is 0 Å². The predicted molar refractivity (Wildman–Crippen MR) is 91.3 cm³/mol. The van der Waals surface area contributed by atoms with Crippen LogP contribution >= 0.6 is 0 Å². The molecule has 1 N–H and O–H groups in total. The Kier molecular flexibility index (Phi) is 4.18. The summed E-state index contributed by atoms with van der Waals surface area (Å²) in [6, 6.07) is 4.07. The van der Waals surface area contributed by atoms with Gasteiger partial charge in [0.25, 0.3) is 0 Å². The molecule has 0 radical (unpaired) electrons. The molecule has 25 heavy (non-hydrogen) atoms. The van der Waals surface area contributed by atoms with Crippen LogP contribution in [0.15, 0.2) is 18.2 Å². The SMILES string of the molecule is CC(C)NC(=O)N1C[C@H](c2cc(F)cc(F)c2)[C@@H]2[C@H]1C1CCN2CC1. The van der Waals surface area contributed by atoms with Crippen molar-refractivity contribution in [2.45, 2.75) is 50.7 Å². The fourth-order valence-electron chi connectivity index (χ4n) is 5.07. The van der Waals surface area contributed by atoms with Gasteiger partial charge in [0.15, 0.2) is 0 Å². The van der Waals surface area contributed by atoms with E-state index >= 15 is 0 Å². The molecular weight excluding hydrogens is 324 g/mol. The molecule has 1 aromatic rings. The number of fused-ring (bicyclic) bond motifs is 2. The number of benzene rings is 1. The van der Waals surface area contributed by atoms with Gasteiger partial charge >= 0.3 is 6.03 Å². The van der Waals surface area contributed by atoms with Crippen LogP contribution in [0.1, 0.15) is 38.2 Å². The fourth-order valence-corrected chi connectivity index (χ4v) is 5.07. The van der Waals surface area contributed by atoms with E-state index in [1.165, 1.54) is 12.1 Å². The molecule has 3 atom stereocenters. The Morgan fingerprint density at radius 2 is 1.76 bits per heavy atom. The van der Waals surface area contributed by atoms with Crippen LogP contribution < -0.4 is 5.32 Å². The monoisotopic (exact) mass is 349 g/mol. The molecule has 4 fully saturated rings. The molecular formula is C19H25F2N3O. The minimum atomic E-state index is -0.549. The van der Waals surface area contributed by atoms with Gasteiger partial charge in [0.05, 0.1) is 6.04 Å². The molecule has 6 heteroatoms. The second-order valence-corrected chi connectivity index (χ2v) is 7.92. The van der Waals surface area contributed by atoms with Crippen molar-refractivity contribution in [3.05, 3.63) is 35.4 Å². The molecule has 5 rings (SSSR count). The highest BCUT2D eigenvalue weighted by Gasteiger charge is 2.54. The largest absolute Gasteiger partial charge is 0.336 e. The van der Waals surface area contributed by atoms with E-state index in [4.69, 9.17) is 0 Å². The summed E-state index contributed by atoms with van der Waals surface area (Å²) in [5.74, 6) is -0.660. The van der Waals surface area contributed by atoms with E-state index in [1.54, 1.807) is 0 Å². The number of urea groups is 1. The lowest BCUT2D eigenvalue weighted by Gasteiger charge is -2.51. The molecule has 2 bridgehead atoms. The molecule has 0 unspecified atom stereocenters. The Hall–Kier alpha value is -1.69. The highest BCUT2D eigenvalue weighted by atomic mass is 19.1. The number of piperidine rings is 3. The molecule has 0 aromatic heterocycles. The third-order valence-electron chi connectivity index (χ3n) is 5.98. The zero-order chi connectivity index (χ0) is 17.7. The van der Waals surface area contributed by atoms with Gasteiger partial charge in [0, 0.05) is 30.6 Å². The van der Waals surface area contributed by atoms with E-state index in [1.807, 2.05) is 18.7 Å². The van der Waals surface area contributed by atoms with Crippen molar-refractivity contribution in [1.82, 2.24) is 15.1 Å². The molecule has 0 spiro atoms.